The molecule has 0 aromatic heterocycles. The number of aryl methyl sites for hydroxylation is 1. The van der Waals surface area contributed by atoms with Crippen LogP contribution in [0.4, 0.5) is 10.1 Å². The van der Waals surface area contributed by atoms with E-state index in [9.17, 15) is 12.8 Å². The van der Waals surface area contributed by atoms with E-state index in [1.165, 1.54) is 6.07 Å². The van der Waals surface area contributed by atoms with Crippen molar-refractivity contribution in [3.05, 3.63) is 57.8 Å². The molecule has 0 aliphatic rings. The number of anilines is 1. The quantitative estimate of drug-likeness (QED) is 0.864. The van der Waals surface area contributed by atoms with Crippen molar-refractivity contribution < 1.29 is 17.9 Å². The van der Waals surface area contributed by atoms with E-state index in [1.807, 2.05) is 0 Å². The monoisotopic (exact) mass is 373 g/mol. The zero-order chi connectivity index (χ0) is 15.6. The maximum atomic E-state index is 13.9. The van der Waals surface area contributed by atoms with Gasteiger partial charge in [0.15, 0.2) is 0 Å². The minimum absolute atomic E-state index is 0.311. The van der Waals surface area contributed by atoms with Crippen molar-refractivity contribution in [2.24, 2.45) is 0 Å². The number of benzene rings is 2. The molecule has 0 saturated carbocycles. The Bertz CT molecular complexity index is 778. The molecule has 2 aromatic rings. The Labute approximate surface area is 130 Å². The van der Waals surface area contributed by atoms with Crippen molar-refractivity contribution in [2.75, 3.05) is 4.72 Å². The first-order valence-corrected chi connectivity index (χ1v) is 8.29. The van der Waals surface area contributed by atoms with Crippen molar-refractivity contribution in [1.29, 1.82) is 0 Å². The third-order valence-corrected chi connectivity index (χ3v) is 4.79. The number of rotatable bonds is 4. The standard InChI is InChI=1S/C14H13BrFNO3S/c1-9-6-11(15)3-4-13(9)17-21(19,20)14-5-2-10(8-18)7-12(14)16/h2-7,17-18H,8H2,1H3. The number of hydrogen-bond acceptors (Lipinski definition) is 3. The van der Waals surface area contributed by atoms with Crippen LogP contribution in [0.5, 0.6) is 0 Å². The minimum atomic E-state index is -4.03. The molecular weight excluding hydrogens is 361 g/mol. The van der Waals surface area contributed by atoms with Gasteiger partial charge in [0.2, 0.25) is 0 Å². The summed E-state index contributed by atoms with van der Waals surface area (Å²) in [5, 5.41) is 8.92. The Morgan fingerprint density at radius 1 is 1.24 bits per heavy atom. The van der Waals surface area contributed by atoms with Crippen LogP contribution in [-0.2, 0) is 16.6 Å². The summed E-state index contributed by atoms with van der Waals surface area (Å²) < 4.78 is 41.5. The van der Waals surface area contributed by atoms with Crippen LogP contribution in [0.3, 0.4) is 0 Å². The van der Waals surface area contributed by atoms with Crippen LogP contribution in [0.15, 0.2) is 45.8 Å². The highest BCUT2D eigenvalue weighted by Crippen LogP contribution is 2.24. The van der Waals surface area contributed by atoms with Gasteiger partial charge in [0.1, 0.15) is 10.7 Å². The van der Waals surface area contributed by atoms with E-state index >= 15 is 0 Å². The molecule has 2 rings (SSSR count). The number of aliphatic hydroxyl groups excluding tert-OH is 1. The molecule has 2 aromatic carbocycles. The zero-order valence-electron chi connectivity index (χ0n) is 11.1. The van der Waals surface area contributed by atoms with Crippen LogP contribution < -0.4 is 4.72 Å². The molecule has 0 heterocycles. The highest BCUT2D eigenvalue weighted by molar-refractivity contribution is 9.10. The van der Waals surface area contributed by atoms with Crippen molar-refractivity contribution in [1.82, 2.24) is 0 Å². The third kappa shape index (κ3) is 3.61. The van der Waals surface area contributed by atoms with Gasteiger partial charge in [-0.3, -0.25) is 4.72 Å². The van der Waals surface area contributed by atoms with Crippen molar-refractivity contribution in [2.45, 2.75) is 18.4 Å². The fourth-order valence-electron chi connectivity index (χ4n) is 1.80. The molecule has 0 aliphatic heterocycles. The number of halogens is 2. The maximum absolute atomic E-state index is 13.9. The summed E-state index contributed by atoms with van der Waals surface area (Å²) in [5.41, 5.74) is 1.40. The van der Waals surface area contributed by atoms with Crippen molar-refractivity contribution in [3.63, 3.8) is 0 Å². The summed E-state index contributed by atoms with van der Waals surface area (Å²) in [5.74, 6) is -0.899. The highest BCUT2D eigenvalue weighted by atomic mass is 79.9. The van der Waals surface area contributed by atoms with E-state index in [-0.39, 0.29) is 6.61 Å². The number of hydrogen-bond donors (Lipinski definition) is 2. The second-order valence-corrected chi connectivity index (χ2v) is 7.05. The number of sulfonamides is 1. The molecule has 0 radical (unpaired) electrons. The lowest BCUT2D eigenvalue weighted by atomic mass is 10.2. The molecule has 21 heavy (non-hydrogen) atoms. The molecule has 112 valence electrons. The Hall–Kier alpha value is -1.44. The third-order valence-electron chi connectivity index (χ3n) is 2.90. The molecule has 0 unspecified atom stereocenters. The second kappa shape index (κ2) is 6.13. The van der Waals surface area contributed by atoms with E-state index in [2.05, 4.69) is 20.7 Å². The lowest BCUT2D eigenvalue weighted by Gasteiger charge is -2.12. The van der Waals surface area contributed by atoms with Crippen LogP contribution in [0.2, 0.25) is 0 Å². The predicted molar refractivity (Wildman–Crippen MR) is 82.0 cm³/mol. The average Bonchev–Trinajstić information content (AvgIpc) is 2.41. The summed E-state index contributed by atoms with van der Waals surface area (Å²) in [6, 6.07) is 8.54. The molecule has 0 bridgehead atoms. The molecule has 0 saturated heterocycles. The maximum Gasteiger partial charge on any atom is 0.264 e. The van der Waals surface area contributed by atoms with Gasteiger partial charge >= 0.3 is 0 Å². The van der Waals surface area contributed by atoms with Crippen LogP contribution in [0.25, 0.3) is 0 Å². The first kappa shape index (κ1) is 15.9. The SMILES string of the molecule is Cc1cc(Br)ccc1NS(=O)(=O)c1ccc(CO)cc1F. The Morgan fingerprint density at radius 3 is 2.52 bits per heavy atom. The summed E-state index contributed by atoms with van der Waals surface area (Å²) >= 11 is 3.29. The summed E-state index contributed by atoms with van der Waals surface area (Å²) in [4.78, 5) is -0.456. The average molecular weight is 374 g/mol. The van der Waals surface area contributed by atoms with Gasteiger partial charge < -0.3 is 5.11 Å². The van der Waals surface area contributed by atoms with Crippen LogP contribution in [0.1, 0.15) is 11.1 Å². The molecule has 0 atom stereocenters. The molecule has 4 nitrogen and oxygen atoms in total. The van der Waals surface area contributed by atoms with E-state index < -0.39 is 20.7 Å². The summed E-state index contributed by atoms with van der Waals surface area (Å²) in [7, 11) is -4.03. The first-order chi connectivity index (χ1) is 9.83. The van der Waals surface area contributed by atoms with Crippen LogP contribution in [-0.4, -0.2) is 13.5 Å². The van der Waals surface area contributed by atoms with Gasteiger partial charge in [0.05, 0.1) is 12.3 Å². The Morgan fingerprint density at radius 2 is 1.95 bits per heavy atom. The van der Waals surface area contributed by atoms with Gasteiger partial charge in [0, 0.05) is 4.47 Å². The van der Waals surface area contributed by atoms with E-state index in [0.717, 1.165) is 16.6 Å². The fraction of sp³-hybridized carbons (Fsp3) is 0.143. The molecule has 0 spiro atoms. The lowest BCUT2D eigenvalue weighted by molar-refractivity contribution is 0.281. The van der Waals surface area contributed by atoms with Gasteiger partial charge in [-0.25, -0.2) is 12.8 Å². The Balaban J connectivity index is 2.38. The number of nitrogens with one attached hydrogen (secondary N) is 1. The lowest BCUT2D eigenvalue weighted by Crippen LogP contribution is -2.15. The van der Waals surface area contributed by atoms with Crippen LogP contribution in [0, 0.1) is 12.7 Å². The highest BCUT2D eigenvalue weighted by Gasteiger charge is 2.20. The van der Waals surface area contributed by atoms with E-state index in [1.54, 1.807) is 25.1 Å². The molecule has 2 N–H and O–H groups in total. The number of aliphatic hydroxyl groups is 1. The molecule has 0 amide bonds. The molecule has 0 fully saturated rings. The summed E-state index contributed by atoms with van der Waals surface area (Å²) in [6.07, 6.45) is 0. The van der Waals surface area contributed by atoms with Gasteiger partial charge in [-0.1, -0.05) is 22.0 Å². The summed E-state index contributed by atoms with van der Waals surface area (Å²) in [6.45, 7) is 1.39. The molecular formula is C14H13BrFNO3S. The smallest absolute Gasteiger partial charge is 0.264 e. The molecule has 0 aliphatic carbocycles. The van der Waals surface area contributed by atoms with Crippen molar-refractivity contribution >= 4 is 31.6 Å². The fourth-order valence-corrected chi connectivity index (χ4v) is 3.47. The van der Waals surface area contributed by atoms with E-state index in [0.29, 0.717) is 16.8 Å². The predicted octanol–water partition coefficient (Wildman–Crippen LogP) is 3.19. The van der Waals surface area contributed by atoms with Gasteiger partial charge in [-0.2, -0.15) is 0 Å². The van der Waals surface area contributed by atoms with Gasteiger partial charge in [-0.05, 0) is 48.4 Å². The van der Waals surface area contributed by atoms with Gasteiger partial charge in [0.25, 0.3) is 10.0 Å². The Kier molecular flexibility index (Phi) is 4.65. The van der Waals surface area contributed by atoms with Gasteiger partial charge in [-0.15, -0.1) is 0 Å². The van der Waals surface area contributed by atoms with Crippen molar-refractivity contribution in [3.8, 4) is 0 Å². The normalized spacial score (nSPS) is 11.4. The second-order valence-electron chi connectivity index (χ2n) is 4.49. The zero-order valence-corrected chi connectivity index (χ0v) is 13.5. The topological polar surface area (TPSA) is 66.4 Å². The largest absolute Gasteiger partial charge is 0.392 e. The van der Waals surface area contributed by atoms with E-state index in [4.69, 9.17) is 5.11 Å². The minimum Gasteiger partial charge on any atom is -0.392 e. The van der Waals surface area contributed by atoms with Crippen LogP contribution >= 0.6 is 15.9 Å². The first-order valence-electron chi connectivity index (χ1n) is 6.02. The molecule has 7 heteroatoms.